The molecule has 1 heterocycles. The molecule has 0 spiro atoms. The lowest BCUT2D eigenvalue weighted by atomic mass is 10.2. The van der Waals surface area contributed by atoms with E-state index in [1.165, 1.54) is 16.9 Å². The zero-order valence-corrected chi connectivity index (χ0v) is 13.2. The largest absolute Gasteiger partial charge is 0.481 e. The van der Waals surface area contributed by atoms with Crippen LogP contribution in [0.1, 0.15) is 12.8 Å². The lowest BCUT2D eigenvalue weighted by Gasteiger charge is -2.05. The van der Waals surface area contributed by atoms with Crippen molar-refractivity contribution >= 4 is 5.97 Å². The highest BCUT2D eigenvalue weighted by atomic mass is 19.1. The SMILES string of the molecule is O=C(O)CCCn1nnc(-c2ccc(Oc3ccc(F)cc3)cc2)n1. The maximum atomic E-state index is 12.9. The van der Waals surface area contributed by atoms with E-state index >= 15 is 0 Å². The van der Waals surface area contributed by atoms with Gasteiger partial charge in [-0.05, 0) is 60.2 Å². The molecule has 0 amide bonds. The van der Waals surface area contributed by atoms with E-state index in [4.69, 9.17) is 9.84 Å². The van der Waals surface area contributed by atoms with Gasteiger partial charge in [0.1, 0.15) is 17.3 Å². The number of ether oxygens (including phenoxy) is 1. The molecule has 3 aromatic rings. The molecule has 0 radical (unpaired) electrons. The number of carboxylic acid groups (broad SMARTS) is 1. The first-order chi connectivity index (χ1) is 12.1. The summed E-state index contributed by atoms with van der Waals surface area (Å²) in [7, 11) is 0. The van der Waals surface area contributed by atoms with E-state index in [1.54, 1.807) is 36.4 Å². The Kier molecular flexibility index (Phi) is 4.98. The Morgan fingerprint density at radius 3 is 2.36 bits per heavy atom. The molecule has 0 saturated carbocycles. The summed E-state index contributed by atoms with van der Waals surface area (Å²) in [5.41, 5.74) is 0.760. The fourth-order valence-corrected chi connectivity index (χ4v) is 2.14. The minimum atomic E-state index is -0.850. The maximum absolute atomic E-state index is 12.9. The summed E-state index contributed by atoms with van der Waals surface area (Å²) >= 11 is 0. The van der Waals surface area contributed by atoms with Crippen molar-refractivity contribution in [2.75, 3.05) is 0 Å². The molecule has 3 rings (SSSR count). The molecule has 128 valence electrons. The second kappa shape index (κ2) is 7.52. The fourth-order valence-electron chi connectivity index (χ4n) is 2.14. The van der Waals surface area contributed by atoms with Gasteiger partial charge in [-0.2, -0.15) is 4.80 Å². The van der Waals surface area contributed by atoms with Gasteiger partial charge in [0.15, 0.2) is 0 Å². The number of hydrogen-bond donors (Lipinski definition) is 1. The maximum Gasteiger partial charge on any atom is 0.303 e. The predicted octanol–water partition coefficient (Wildman–Crippen LogP) is 3.14. The standard InChI is InChI=1S/C17H15FN4O3/c18-13-5-9-15(10-6-13)25-14-7-3-12(4-8-14)17-19-21-22(20-17)11-1-2-16(23)24/h3-10H,1-2,11H2,(H,23,24). The van der Waals surface area contributed by atoms with Crippen LogP contribution in [0.25, 0.3) is 11.4 Å². The van der Waals surface area contributed by atoms with Gasteiger partial charge in [-0.1, -0.05) is 0 Å². The molecule has 1 aromatic heterocycles. The van der Waals surface area contributed by atoms with E-state index in [0.717, 1.165) is 5.56 Å². The second-order valence-electron chi connectivity index (χ2n) is 5.29. The normalized spacial score (nSPS) is 10.6. The molecule has 7 nitrogen and oxygen atoms in total. The Bertz CT molecular complexity index is 847. The first-order valence-electron chi connectivity index (χ1n) is 7.63. The number of tetrazole rings is 1. The highest BCUT2D eigenvalue weighted by Crippen LogP contribution is 2.24. The molecule has 0 aliphatic heterocycles. The van der Waals surface area contributed by atoms with Crippen molar-refractivity contribution in [3.8, 4) is 22.9 Å². The van der Waals surface area contributed by atoms with Gasteiger partial charge in [-0.25, -0.2) is 4.39 Å². The molecule has 2 aromatic carbocycles. The topological polar surface area (TPSA) is 90.1 Å². The molecular weight excluding hydrogens is 327 g/mol. The molecule has 0 fully saturated rings. The van der Waals surface area contributed by atoms with Crippen LogP contribution in [-0.4, -0.2) is 31.3 Å². The lowest BCUT2D eigenvalue weighted by Crippen LogP contribution is -2.05. The zero-order valence-electron chi connectivity index (χ0n) is 13.2. The van der Waals surface area contributed by atoms with Gasteiger partial charge in [0.25, 0.3) is 0 Å². The van der Waals surface area contributed by atoms with Crippen molar-refractivity contribution in [2.24, 2.45) is 0 Å². The summed E-state index contributed by atoms with van der Waals surface area (Å²) in [6.45, 7) is 0.394. The van der Waals surface area contributed by atoms with Crippen molar-refractivity contribution in [3.05, 3.63) is 54.3 Å². The number of carbonyl (C=O) groups is 1. The van der Waals surface area contributed by atoms with Gasteiger partial charge in [0.2, 0.25) is 5.82 Å². The van der Waals surface area contributed by atoms with Gasteiger partial charge in [-0.15, -0.1) is 10.2 Å². The predicted molar refractivity (Wildman–Crippen MR) is 86.6 cm³/mol. The van der Waals surface area contributed by atoms with Crippen molar-refractivity contribution in [3.63, 3.8) is 0 Å². The Labute approximate surface area is 142 Å². The van der Waals surface area contributed by atoms with Crippen LogP contribution in [0.4, 0.5) is 4.39 Å². The Hall–Kier alpha value is -3.29. The molecule has 0 saturated heterocycles. The highest BCUT2D eigenvalue weighted by molar-refractivity contribution is 5.66. The number of carboxylic acids is 1. The summed E-state index contributed by atoms with van der Waals surface area (Å²) < 4.78 is 18.5. The smallest absolute Gasteiger partial charge is 0.303 e. The van der Waals surface area contributed by atoms with Crippen LogP contribution in [0.2, 0.25) is 0 Å². The average molecular weight is 342 g/mol. The van der Waals surface area contributed by atoms with Crippen molar-refractivity contribution < 1.29 is 19.0 Å². The van der Waals surface area contributed by atoms with Crippen molar-refractivity contribution in [2.45, 2.75) is 19.4 Å². The third kappa shape index (κ3) is 4.60. The van der Waals surface area contributed by atoms with E-state index in [9.17, 15) is 9.18 Å². The third-order valence-electron chi connectivity index (χ3n) is 3.36. The molecular formula is C17H15FN4O3. The minimum Gasteiger partial charge on any atom is -0.481 e. The second-order valence-corrected chi connectivity index (χ2v) is 5.29. The van der Waals surface area contributed by atoms with Crippen LogP contribution in [0.15, 0.2) is 48.5 Å². The van der Waals surface area contributed by atoms with Gasteiger partial charge < -0.3 is 9.84 Å². The van der Waals surface area contributed by atoms with E-state index in [1.807, 2.05) is 0 Å². The monoisotopic (exact) mass is 342 g/mol. The quantitative estimate of drug-likeness (QED) is 0.709. The summed E-state index contributed by atoms with van der Waals surface area (Å²) in [6.07, 6.45) is 0.502. The van der Waals surface area contributed by atoms with Crippen LogP contribution in [0, 0.1) is 5.82 Å². The summed E-state index contributed by atoms with van der Waals surface area (Å²) in [6, 6.07) is 12.8. The lowest BCUT2D eigenvalue weighted by molar-refractivity contribution is -0.137. The van der Waals surface area contributed by atoms with Crippen LogP contribution in [0.5, 0.6) is 11.5 Å². The number of aliphatic carboxylic acids is 1. The van der Waals surface area contributed by atoms with Crippen LogP contribution in [-0.2, 0) is 11.3 Å². The number of nitrogens with zero attached hydrogens (tertiary/aromatic N) is 4. The number of rotatable bonds is 7. The van der Waals surface area contributed by atoms with E-state index in [2.05, 4.69) is 15.4 Å². The van der Waals surface area contributed by atoms with Crippen LogP contribution >= 0.6 is 0 Å². The molecule has 0 unspecified atom stereocenters. The number of benzene rings is 2. The fraction of sp³-hybridized carbons (Fsp3) is 0.176. The van der Waals surface area contributed by atoms with Crippen LogP contribution in [0.3, 0.4) is 0 Å². The number of aryl methyl sites for hydroxylation is 1. The van der Waals surface area contributed by atoms with Crippen molar-refractivity contribution in [1.82, 2.24) is 20.2 Å². The van der Waals surface area contributed by atoms with Gasteiger partial charge in [-0.3, -0.25) is 4.79 Å². The molecule has 0 bridgehead atoms. The summed E-state index contributed by atoms with van der Waals surface area (Å²) in [5.74, 6) is 0.418. The van der Waals surface area contributed by atoms with Gasteiger partial charge >= 0.3 is 5.97 Å². The Morgan fingerprint density at radius 2 is 1.72 bits per heavy atom. The van der Waals surface area contributed by atoms with Crippen molar-refractivity contribution in [1.29, 1.82) is 0 Å². The average Bonchev–Trinajstić information content (AvgIpc) is 3.06. The third-order valence-corrected chi connectivity index (χ3v) is 3.36. The number of aromatic nitrogens is 4. The van der Waals surface area contributed by atoms with E-state index < -0.39 is 5.97 Å². The molecule has 0 atom stereocenters. The minimum absolute atomic E-state index is 0.0618. The van der Waals surface area contributed by atoms with E-state index in [-0.39, 0.29) is 12.2 Å². The summed E-state index contributed by atoms with van der Waals surface area (Å²) in [5, 5.41) is 20.7. The van der Waals surface area contributed by atoms with E-state index in [0.29, 0.717) is 30.3 Å². The zero-order chi connectivity index (χ0) is 17.6. The molecule has 25 heavy (non-hydrogen) atoms. The van der Waals surface area contributed by atoms with Crippen LogP contribution < -0.4 is 4.74 Å². The molecule has 8 heteroatoms. The van der Waals surface area contributed by atoms with Gasteiger partial charge in [0.05, 0.1) is 6.54 Å². The molecule has 0 aliphatic carbocycles. The molecule has 1 N–H and O–H groups in total. The first kappa shape index (κ1) is 16.6. The summed E-state index contributed by atoms with van der Waals surface area (Å²) in [4.78, 5) is 11.9. The molecule has 0 aliphatic rings. The Balaban J connectivity index is 1.63. The van der Waals surface area contributed by atoms with Gasteiger partial charge in [0, 0.05) is 12.0 Å². The number of hydrogen-bond acceptors (Lipinski definition) is 5. The highest BCUT2D eigenvalue weighted by Gasteiger charge is 2.07. The number of halogens is 1. The first-order valence-corrected chi connectivity index (χ1v) is 7.63. The Morgan fingerprint density at radius 1 is 1.08 bits per heavy atom.